The fourth-order valence-corrected chi connectivity index (χ4v) is 12.6. The number of fused-ring (bicyclic) bond motifs is 2. The van der Waals surface area contributed by atoms with Crippen molar-refractivity contribution < 1.29 is 72.3 Å². The van der Waals surface area contributed by atoms with Gasteiger partial charge in [-0.05, 0) is 103 Å². The van der Waals surface area contributed by atoms with Crippen LogP contribution in [0.1, 0.15) is 208 Å². The van der Waals surface area contributed by atoms with Crippen molar-refractivity contribution in [2.24, 2.45) is 5.92 Å². The van der Waals surface area contributed by atoms with Gasteiger partial charge in [0.2, 0.25) is 17.7 Å². The highest BCUT2D eigenvalue weighted by Crippen LogP contribution is 2.61. The van der Waals surface area contributed by atoms with Crippen molar-refractivity contribution in [2.45, 2.75) is 225 Å². The molecule has 94 heavy (non-hydrogen) atoms. The Hall–Kier alpha value is -6.73. The van der Waals surface area contributed by atoms with Crippen LogP contribution in [0.15, 0.2) is 47.3 Å². The molecule has 4 aromatic rings. The number of nitrogens with one attached hydrogen (secondary N) is 2. The van der Waals surface area contributed by atoms with Crippen LogP contribution >= 0.6 is 15.9 Å². The number of unbranched alkanes of at least 4 members (excludes halogenated alkanes) is 14. The number of carboxylic acids is 2. The van der Waals surface area contributed by atoms with Gasteiger partial charge in [-0.1, -0.05) is 109 Å². The average Bonchev–Trinajstić information content (AvgIpc) is 1.53. The molecule has 23 nitrogen and oxygen atoms in total. The second kappa shape index (κ2) is 41.3. The zero-order valence-electron chi connectivity index (χ0n) is 55.4. The number of aryl methyl sites for hydroxylation is 2. The lowest BCUT2D eigenvalue weighted by Gasteiger charge is -2.34. The van der Waals surface area contributed by atoms with Crippen LogP contribution in [0.5, 0.6) is 0 Å². The lowest BCUT2D eigenvalue weighted by atomic mass is 10.0. The predicted octanol–water partition coefficient (Wildman–Crippen LogP) is 10.2. The number of hydrogen-bond donors (Lipinski definition) is 4. The van der Waals surface area contributed by atoms with Gasteiger partial charge in [-0.3, -0.25) is 43.0 Å². The number of carbonyl (C=O) groups is 9. The molecule has 1 aromatic carbocycles. The highest BCUT2D eigenvalue weighted by Gasteiger charge is 2.67. The maximum absolute atomic E-state index is 14.5. The van der Waals surface area contributed by atoms with Gasteiger partial charge in [-0.15, -0.1) is 0 Å². The molecule has 4 N–H and O–H groups in total. The highest BCUT2D eigenvalue weighted by atomic mass is 79.9. The molecule has 1 aliphatic heterocycles. The third kappa shape index (κ3) is 26.1. The molecule has 516 valence electrons. The molecule has 4 heterocycles. The number of carbonyl (C=O) groups excluding carboxylic acids is 7. The first-order valence-corrected chi connectivity index (χ1v) is 34.8. The average molecular weight is 1370 g/mol. The first-order chi connectivity index (χ1) is 45.4. The number of ether oxygens (including phenoxy) is 4. The molecule has 2 aliphatic rings. The minimum Gasteiger partial charge on any atom is -0.481 e. The van der Waals surface area contributed by atoms with Crippen molar-refractivity contribution in [1.29, 1.82) is 0 Å². The van der Waals surface area contributed by atoms with E-state index in [0.717, 1.165) is 81.8 Å². The second-order valence-electron chi connectivity index (χ2n) is 25.0. The molecule has 4 atom stereocenters. The Labute approximate surface area is 560 Å². The Kier molecular flexibility index (Phi) is 33.5. The van der Waals surface area contributed by atoms with Gasteiger partial charge >= 0.3 is 11.9 Å². The van der Waals surface area contributed by atoms with Crippen LogP contribution in [0.4, 0.5) is 0 Å². The van der Waals surface area contributed by atoms with Crippen LogP contribution in [-0.4, -0.2) is 170 Å². The van der Waals surface area contributed by atoms with Gasteiger partial charge in [-0.25, -0.2) is 19.7 Å². The summed E-state index contributed by atoms with van der Waals surface area (Å²) in [7, 11) is 0. The normalized spacial score (nSPS) is 16.0. The number of ketones is 4. The van der Waals surface area contributed by atoms with Crippen molar-refractivity contribution in [2.75, 3.05) is 59.4 Å². The summed E-state index contributed by atoms with van der Waals surface area (Å²) in [5, 5.41) is 28.8. The number of likely N-dealkylation sites (tertiary alicyclic amines) is 1. The second-order valence-corrected chi connectivity index (χ2v) is 25.9. The monoisotopic (exact) mass is 1370 g/mol. The fourth-order valence-electron chi connectivity index (χ4n) is 12.3. The number of rotatable bonds is 52. The molecule has 3 aromatic heterocycles. The van der Waals surface area contributed by atoms with E-state index in [1.165, 1.54) is 45.4 Å². The summed E-state index contributed by atoms with van der Waals surface area (Å²) < 4.78 is 24.1. The third-order valence-electron chi connectivity index (χ3n) is 17.6. The number of nitrogens with zero attached hydrogens (tertiary/aromatic N) is 6. The van der Waals surface area contributed by atoms with E-state index in [2.05, 4.69) is 53.5 Å². The van der Waals surface area contributed by atoms with Crippen molar-refractivity contribution in [3.63, 3.8) is 0 Å². The first-order valence-electron chi connectivity index (χ1n) is 34.0. The van der Waals surface area contributed by atoms with E-state index in [0.29, 0.717) is 58.3 Å². The molecule has 0 spiro atoms. The molecule has 1 saturated carbocycles. The molecule has 1 saturated heterocycles. The van der Waals surface area contributed by atoms with Gasteiger partial charge < -0.3 is 44.7 Å². The lowest BCUT2D eigenvalue weighted by molar-refractivity contribution is -0.142. The van der Waals surface area contributed by atoms with E-state index in [4.69, 9.17) is 24.1 Å². The lowest BCUT2D eigenvalue weighted by Crippen LogP contribution is -2.50. The number of carboxylic acid groups (broad SMARTS) is 2. The SMILES string of the molecule is CCCC[C@@]12C[C@@H]1C[C@@H](C(=O)Cc1nc(Br)ccc1C)N2C(=O)Cn1nc(C(C)=O)c2cc(-c3cnc(CCC(=O)COCCOCCNC(=O)COCCOCCCC(=O)CC[C@H](NC(=O)CCCCCCCCCCCCCCCCC(=O)O)C(=O)O)nc3)ccc21. The topological polar surface area (TPSA) is 315 Å². The third-order valence-corrected chi connectivity index (χ3v) is 18.0. The molecule has 24 heteroatoms. The van der Waals surface area contributed by atoms with Crippen molar-refractivity contribution in [1.82, 2.24) is 40.3 Å². The van der Waals surface area contributed by atoms with Crippen LogP contribution in [-0.2, 0) is 76.7 Å². The van der Waals surface area contributed by atoms with Crippen molar-refractivity contribution in [3.05, 3.63) is 70.1 Å². The Morgan fingerprint density at radius 3 is 1.98 bits per heavy atom. The van der Waals surface area contributed by atoms with Crippen LogP contribution in [0.2, 0.25) is 0 Å². The smallest absolute Gasteiger partial charge is 0.326 e. The Morgan fingerprint density at radius 2 is 1.33 bits per heavy atom. The van der Waals surface area contributed by atoms with Crippen LogP contribution < -0.4 is 10.6 Å². The van der Waals surface area contributed by atoms with E-state index >= 15 is 0 Å². The molecule has 0 bridgehead atoms. The van der Waals surface area contributed by atoms with E-state index in [9.17, 15) is 48.3 Å². The largest absolute Gasteiger partial charge is 0.481 e. The number of hydrogen-bond acceptors (Lipinski definition) is 17. The van der Waals surface area contributed by atoms with E-state index < -0.39 is 24.0 Å². The summed E-state index contributed by atoms with van der Waals surface area (Å²) in [4.78, 5) is 129. The van der Waals surface area contributed by atoms with Crippen molar-refractivity contribution >= 4 is 79.6 Å². The number of piperidine rings is 1. The molecular formula is C70H99BrN8O15. The van der Waals surface area contributed by atoms with Gasteiger partial charge in [0, 0.05) is 87.5 Å². The highest BCUT2D eigenvalue weighted by molar-refractivity contribution is 9.10. The minimum absolute atomic E-state index is 0.0192. The van der Waals surface area contributed by atoms with Crippen LogP contribution in [0, 0.1) is 12.8 Å². The number of Topliss-reactive ketones (excluding diaryl/α,β-unsaturated/α-hetero) is 4. The maximum atomic E-state index is 14.5. The Morgan fingerprint density at radius 1 is 0.691 bits per heavy atom. The molecule has 0 radical (unpaired) electrons. The summed E-state index contributed by atoms with van der Waals surface area (Å²) in [6, 6.07) is 7.63. The Balaban J connectivity index is 0.755. The predicted molar refractivity (Wildman–Crippen MR) is 356 cm³/mol. The quantitative estimate of drug-likeness (QED) is 0.0181. The van der Waals surface area contributed by atoms with E-state index in [1.807, 2.05) is 42.2 Å². The summed E-state index contributed by atoms with van der Waals surface area (Å²) in [6.07, 6.45) is 24.4. The summed E-state index contributed by atoms with van der Waals surface area (Å²) in [5.74, 6) is -2.53. The maximum Gasteiger partial charge on any atom is 0.326 e. The number of aromatic nitrogens is 5. The zero-order chi connectivity index (χ0) is 67.7. The molecular weight excluding hydrogens is 1270 g/mol. The summed E-state index contributed by atoms with van der Waals surface area (Å²) >= 11 is 3.43. The minimum atomic E-state index is -1.17. The molecule has 2 fully saturated rings. The van der Waals surface area contributed by atoms with Gasteiger partial charge in [-0.2, -0.15) is 5.10 Å². The number of aliphatic carboxylic acids is 2. The fraction of sp³-hybridized carbons (Fsp3) is 0.643. The summed E-state index contributed by atoms with van der Waals surface area (Å²) in [6.45, 7) is 6.62. The zero-order valence-corrected chi connectivity index (χ0v) is 57.0. The Bertz CT molecular complexity index is 3120. The molecule has 3 amide bonds. The molecule has 0 unspecified atom stereocenters. The first kappa shape index (κ1) is 76.3. The van der Waals surface area contributed by atoms with Crippen LogP contribution in [0.3, 0.4) is 0 Å². The number of halogens is 1. The van der Waals surface area contributed by atoms with Gasteiger partial charge in [0.05, 0.1) is 56.7 Å². The number of benzene rings is 1. The number of amides is 3. The number of pyridine rings is 1. The van der Waals surface area contributed by atoms with Crippen molar-refractivity contribution in [3.8, 4) is 11.1 Å². The van der Waals surface area contributed by atoms with Gasteiger partial charge in [0.15, 0.2) is 17.3 Å². The standard InChI is InChI=1S/C70H99BrN8O15/c1-4-5-32-70-43-53(70)41-60(61(83)42-58-49(2)24-30-62(71)75-58)79(70)66(86)46-78-59-29-25-51(40-56(59)68(77-78)50(3)80)52-44-73-63(74-45-52)31-27-55(82)47-93-38-37-92-35-33-72-65(85)48-94-39-36-91-34-20-21-54(81)26-28-57(69(89)90)76-64(84)22-18-16-14-12-10-8-6-7-9-11-13-15-17-19-23-67(87)88/h24-25,29-30,40,44-45,53,57,60H,4-23,26-28,31-39,41-43,46-48H2,1-3H3,(H,72,85)(H,76,84)(H,87,88)(H,89,90)/t53-,57-,60-,70+/m0/s1. The van der Waals surface area contributed by atoms with E-state index in [-0.39, 0.29) is 169 Å². The van der Waals surface area contributed by atoms with Crippen LogP contribution in [0.25, 0.3) is 22.0 Å². The molecule has 6 rings (SSSR count). The van der Waals surface area contributed by atoms with Gasteiger partial charge in [0.25, 0.3) is 0 Å². The van der Waals surface area contributed by atoms with E-state index in [1.54, 1.807) is 17.1 Å². The summed E-state index contributed by atoms with van der Waals surface area (Å²) in [5.41, 5.74) is 3.52. The molecule has 1 aliphatic carbocycles. The van der Waals surface area contributed by atoms with Gasteiger partial charge in [0.1, 0.15) is 47.7 Å².